The summed E-state index contributed by atoms with van der Waals surface area (Å²) in [5, 5.41) is 9.50. The summed E-state index contributed by atoms with van der Waals surface area (Å²) in [7, 11) is 0. The van der Waals surface area contributed by atoms with Gasteiger partial charge < -0.3 is 15.8 Å². The molecule has 14 heavy (non-hydrogen) atoms. The molecule has 0 fully saturated rings. The molecule has 4 heteroatoms. The van der Waals surface area contributed by atoms with Crippen LogP contribution < -0.4 is 5.73 Å². The minimum Gasteiger partial charge on any atom is -0.481 e. The van der Waals surface area contributed by atoms with Gasteiger partial charge in [0, 0.05) is 22.8 Å². The average Bonchev–Trinajstić information content (AvgIpc) is 2.49. The van der Waals surface area contributed by atoms with E-state index in [9.17, 15) is 4.79 Å². The van der Waals surface area contributed by atoms with Crippen LogP contribution in [0, 0.1) is 0 Å². The van der Waals surface area contributed by atoms with E-state index in [-0.39, 0.29) is 6.42 Å². The zero-order chi connectivity index (χ0) is 10.1. The van der Waals surface area contributed by atoms with Crippen LogP contribution in [0.15, 0.2) is 24.4 Å². The predicted octanol–water partition coefficient (Wildman–Crippen LogP) is 1.38. The number of aromatic nitrogens is 1. The summed E-state index contributed by atoms with van der Waals surface area (Å²) in [6.07, 6.45) is 1.68. The maximum atomic E-state index is 10.6. The first-order valence-electron chi connectivity index (χ1n) is 4.24. The van der Waals surface area contributed by atoms with Gasteiger partial charge in [0.25, 0.3) is 0 Å². The van der Waals surface area contributed by atoms with Gasteiger partial charge in [0.15, 0.2) is 0 Å². The predicted molar refractivity (Wildman–Crippen MR) is 54.1 cm³/mol. The maximum absolute atomic E-state index is 10.6. The Kier molecular flexibility index (Phi) is 1.89. The lowest BCUT2D eigenvalue weighted by molar-refractivity contribution is -0.136. The van der Waals surface area contributed by atoms with E-state index in [1.807, 2.05) is 12.1 Å². The number of aromatic amines is 1. The summed E-state index contributed by atoms with van der Waals surface area (Å²) in [6.45, 7) is 0. The molecule has 4 nitrogen and oxygen atoms in total. The van der Waals surface area contributed by atoms with Crippen LogP contribution in [0.4, 0.5) is 5.69 Å². The number of carboxylic acid groups (broad SMARTS) is 1. The van der Waals surface area contributed by atoms with E-state index in [0.29, 0.717) is 5.69 Å². The molecule has 0 saturated carbocycles. The molecular formula is C10H10N2O2. The van der Waals surface area contributed by atoms with E-state index in [4.69, 9.17) is 10.8 Å². The highest BCUT2D eigenvalue weighted by Crippen LogP contribution is 2.24. The van der Waals surface area contributed by atoms with Gasteiger partial charge >= 0.3 is 5.97 Å². The third kappa shape index (κ3) is 1.31. The number of carbonyl (C=O) groups is 1. The molecular weight excluding hydrogens is 180 g/mol. The second-order valence-electron chi connectivity index (χ2n) is 3.15. The van der Waals surface area contributed by atoms with Gasteiger partial charge in [-0.25, -0.2) is 0 Å². The second kappa shape index (κ2) is 3.06. The normalized spacial score (nSPS) is 10.6. The molecule has 72 valence electrons. The number of rotatable bonds is 2. The molecule has 0 unspecified atom stereocenters. The van der Waals surface area contributed by atoms with Crippen LogP contribution in [0.3, 0.4) is 0 Å². The number of fused-ring (bicyclic) bond motifs is 1. The number of anilines is 1. The molecule has 1 heterocycles. The van der Waals surface area contributed by atoms with E-state index < -0.39 is 5.97 Å². The first-order chi connectivity index (χ1) is 6.68. The Bertz CT molecular complexity index is 488. The second-order valence-corrected chi connectivity index (χ2v) is 3.15. The molecule has 1 aromatic heterocycles. The van der Waals surface area contributed by atoms with Gasteiger partial charge in [0.05, 0.1) is 6.42 Å². The van der Waals surface area contributed by atoms with Gasteiger partial charge in [-0.15, -0.1) is 0 Å². The number of nitrogen functional groups attached to an aromatic ring is 1. The minimum atomic E-state index is -0.853. The van der Waals surface area contributed by atoms with Crippen LogP contribution in [0.5, 0.6) is 0 Å². The largest absolute Gasteiger partial charge is 0.481 e. The van der Waals surface area contributed by atoms with Crippen molar-refractivity contribution in [2.75, 3.05) is 5.73 Å². The topological polar surface area (TPSA) is 79.1 Å². The molecule has 0 amide bonds. The van der Waals surface area contributed by atoms with Gasteiger partial charge in [-0.3, -0.25) is 4.79 Å². The minimum absolute atomic E-state index is 0.00574. The van der Waals surface area contributed by atoms with Crippen LogP contribution in [-0.2, 0) is 11.2 Å². The van der Waals surface area contributed by atoms with Crippen LogP contribution in [-0.4, -0.2) is 16.1 Å². The number of hydrogen-bond acceptors (Lipinski definition) is 2. The third-order valence-electron chi connectivity index (χ3n) is 2.16. The number of aliphatic carboxylic acids is 1. The van der Waals surface area contributed by atoms with Crippen molar-refractivity contribution in [1.82, 2.24) is 4.98 Å². The van der Waals surface area contributed by atoms with Gasteiger partial charge in [-0.1, -0.05) is 6.07 Å². The van der Waals surface area contributed by atoms with Crippen molar-refractivity contribution in [2.45, 2.75) is 6.42 Å². The number of nitrogens with one attached hydrogen (secondary N) is 1. The van der Waals surface area contributed by atoms with Crippen LogP contribution in [0.1, 0.15) is 5.56 Å². The number of carboxylic acids is 1. The quantitative estimate of drug-likeness (QED) is 0.626. The Morgan fingerprint density at radius 2 is 2.29 bits per heavy atom. The summed E-state index contributed by atoms with van der Waals surface area (Å²) in [5.41, 5.74) is 7.98. The lowest BCUT2D eigenvalue weighted by Gasteiger charge is -1.98. The fraction of sp³-hybridized carbons (Fsp3) is 0.100. The summed E-state index contributed by atoms with van der Waals surface area (Å²) in [6, 6.07) is 5.47. The SMILES string of the molecule is Nc1cccc2[nH]cc(CC(=O)O)c12. The van der Waals surface area contributed by atoms with E-state index in [1.165, 1.54) is 0 Å². The summed E-state index contributed by atoms with van der Waals surface area (Å²) < 4.78 is 0. The van der Waals surface area contributed by atoms with Crippen molar-refractivity contribution < 1.29 is 9.90 Å². The summed E-state index contributed by atoms with van der Waals surface area (Å²) >= 11 is 0. The van der Waals surface area contributed by atoms with E-state index >= 15 is 0 Å². The Morgan fingerprint density at radius 1 is 1.50 bits per heavy atom. The van der Waals surface area contributed by atoms with Gasteiger partial charge in [-0.2, -0.15) is 0 Å². The van der Waals surface area contributed by atoms with Crippen LogP contribution >= 0.6 is 0 Å². The Morgan fingerprint density at radius 3 is 3.00 bits per heavy atom. The Hall–Kier alpha value is -1.97. The van der Waals surface area contributed by atoms with Crippen LogP contribution in [0.25, 0.3) is 10.9 Å². The van der Waals surface area contributed by atoms with Gasteiger partial charge in [0.1, 0.15) is 0 Å². The highest BCUT2D eigenvalue weighted by molar-refractivity contribution is 5.95. The lowest BCUT2D eigenvalue weighted by atomic mass is 10.1. The highest BCUT2D eigenvalue weighted by atomic mass is 16.4. The van der Waals surface area contributed by atoms with Crippen molar-refractivity contribution in [3.63, 3.8) is 0 Å². The molecule has 2 rings (SSSR count). The third-order valence-corrected chi connectivity index (χ3v) is 2.16. The molecule has 0 atom stereocenters. The molecule has 0 aliphatic heterocycles. The molecule has 0 radical (unpaired) electrons. The lowest BCUT2D eigenvalue weighted by Crippen LogP contribution is -1.99. The number of hydrogen-bond donors (Lipinski definition) is 3. The van der Waals surface area contributed by atoms with E-state index in [1.54, 1.807) is 12.3 Å². The molecule has 2 aromatic rings. The van der Waals surface area contributed by atoms with E-state index in [2.05, 4.69) is 4.98 Å². The van der Waals surface area contributed by atoms with Gasteiger partial charge in [0.2, 0.25) is 0 Å². The molecule has 0 spiro atoms. The molecule has 1 aromatic carbocycles. The average molecular weight is 190 g/mol. The fourth-order valence-corrected chi connectivity index (χ4v) is 1.59. The van der Waals surface area contributed by atoms with Crippen molar-refractivity contribution in [1.29, 1.82) is 0 Å². The van der Waals surface area contributed by atoms with Crippen molar-refractivity contribution in [3.05, 3.63) is 30.0 Å². The fourth-order valence-electron chi connectivity index (χ4n) is 1.59. The molecule has 0 aliphatic carbocycles. The summed E-state index contributed by atoms with van der Waals surface area (Å²) in [4.78, 5) is 13.6. The van der Waals surface area contributed by atoms with Crippen molar-refractivity contribution in [2.24, 2.45) is 0 Å². The molecule has 0 bridgehead atoms. The number of nitrogens with two attached hydrogens (primary N) is 1. The Labute approximate surface area is 80.3 Å². The summed E-state index contributed by atoms with van der Waals surface area (Å²) in [5.74, 6) is -0.853. The first-order valence-corrected chi connectivity index (χ1v) is 4.24. The number of H-pyrrole nitrogens is 1. The van der Waals surface area contributed by atoms with Crippen molar-refractivity contribution in [3.8, 4) is 0 Å². The molecule has 4 N–H and O–H groups in total. The Balaban J connectivity index is 2.61. The molecule has 0 aliphatic rings. The standard InChI is InChI=1S/C10H10N2O2/c11-7-2-1-3-8-10(7)6(5-12-8)4-9(13)14/h1-3,5,12H,4,11H2,(H,13,14). The van der Waals surface area contributed by atoms with E-state index in [0.717, 1.165) is 16.5 Å². The maximum Gasteiger partial charge on any atom is 0.307 e. The highest BCUT2D eigenvalue weighted by Gasteiger charge is 2.09. The zero-order valence-electron chi connectivity index (χ0n) is 7.45. The smallest absolute Gasteiger partial charge is 0.307 e. The molecule has 0 saturated heterocycles. The van der Waals surface area contributed by atoms with Gasteiger partial charge in [-0.05, 0) is 17.7 Å². The monoisotopic (exact) mass is 190 g/mol. The number of benzene rings is 1. The zero-order valence-corrected chi connectivity index (χ0v) is 7.45. The first kappa shape index (κ1) is 8.62. The van der Waals surface area contributed by atoms with Crippen molar-refractivity contribution >= 4 is 22.6 Å². The van der Waals surface area contributed by atoms with Crippen LogP contribution in [0.2, 0.25) is 0 Å².